The standard InChI is InChI=1S/C55H100O5/c1-4-7-10-13-16-19-22-25-27-29-32-35-38-41-44-47-50-58-51-53(60-55(57)49-46-43-40-37-34-30-24-21-18-15-12-9-6-3)52-59-54(56)48-45-42-39-36-33-31-28-26-23-20-17-14-11-8-5-2/h8,11,17,20-21,24,26,28,53H,4-7,9-10,12-16,18-19,22-23,25,27,29-52H2,1-3H3/b11-8-,20-17-,24-21-,28-26-/t53-/m1/s1. The van der Waals surface area contributed by atoms with E-state index in [9.17, 15) is 9.59 Å². The zero-order chi connectivity index (χ0) is 43.5. The molecule has 0 spiro atoms. The highest BCUT2D eigenvalue weighted by atomic mass is 16.6. The van der Waals surface area contributed by atoms with Crippen LogP contribution in [0.15, 0.2) is 48.6 Å². The molecule has 0 aliphatic heterocycles. The summed E-state index contributed by atoms with van der Waals surface area (Å²) in [7, 11) is 0. The lowest BCUT2D eigenvalue weighted by Crippen LogP contribution is -2.30. The number of ether oxygens (including phenoxy) is 3. The second kappa shape index (κ2) is 51.2. The number of rotatable bonds is 48. The third-order valence-corrected chi connectivity index (χ3v) is 11.3. The molecule has 0 radical (unpaired) electrons. The van der Waals surface area contributed by atoms with E-state index in [4.69, 9.17) is 14.2 Å². The largest absolute Gasteiger partial charge is 0.462 e. The second-order valence-electron chi connectivity index (χ2n) is 17.4. The first-order valence-electron chi connectivity index (χ1n) is 26.2. The normalized spacial score (nSPS) is 12.5. The quantitative estimate of drug-likeness (QED) is 0.0347. The van der Waals surface area contributed by atoms with Crippen molar-refractivity contribution in [2.45, 2.75) is 271 Å². The maximum Gasteiger partial charge on any atom is 0.306 e. The molecule has 0 N–H and O–H groups in total. The summed E-state index contributed by atoms with van der Waals surface area (Å²) >= 11 is 0. The molecule has 5 heteroatoms. The van der Waals surface area contributed by atoms with Crippen LogP contribution in [0.3, 0.4) is 0 Å². The lowest BCUT2D eigenvalue weighted by atomic mass is 10.0. The molecule has 0 unspecified atom stereocenters. The number of carbonyl (C=O) groups excluding carboxylic acids is 2. The minimum absolute atomic E-state index is 0.0760. The summed E-state index contributed by atoms with van der Waals surface area (Å²) < 4.78 is 17.4. The molecule has 1 atom stereocenters. The van der Waals surface area contributed by atoms with E-state index in [1.807, 2.05) is 0 Å². The predicted molar refractivity (Wildman–Crippen MR) is 261 cm³/mol. The van der Waals surface area contributed by atoms with E-state index in [2.05, 4.69) is 69.4 Å². The summed E-state index contributed by atoms with van der Waals surface area (Å²) in [6.07, 6.45) is 62.6. The Morgan fingerprint density at radius 1 is 0.383 bits per heavy atom. The Bertz CT molecular complexity index is 997. The molecule has 0 aromatic carbocycles. The SMILES string of the molecule is CC/C=C\C/C=C\C/C=C\CCCCCCCC(=O)OC[C@@H](COCCCCCCCCCCCCCCCCCC)OC(=O)CCCCCCC/C=C\CCCCCC. The molecule has 0 aromatic heterocycles. The maximum atomic E-state index is 12.8. The van der Waals surface area contributed by atoms with Crippen molar-refractivity contribution in [1.82, 2.24) is 0 Å². The first-order valence-corrected chi connectivity index (χ1v) is 26.2. The monoisotopic (exact) mass is 841 g/mol. The van der Waals surface area contributed by atoms with Gasteiger partial charge in [-0.05, 0) is 77.0 Å². The van der Waals surface area contributed by atoms with Crippen LogP contribution >= 0.6 is 0 Å². The van der Waals surface area contributed by atoms with E-state index in [1.54, 1.807) is 0 Å². The van der Waals surface area contributed by atoms with Gasteiger partial charge in [0.1, 0.15) is 6.61 Å². The van der Waals surface area contributed by atoms with Crippen molar-refractivity contribution in [2.75, 3.05) is 19.8 Å². The van der Waals surface area contributed by atoms with Crippen LogP contribution in [0.25, 0.3) is 0 Å². The molecule has 0 bridgehead atoms. The van der Waals surface area contributed by atoms with Crippen molar-refractivity contribution in [3.8, 4) is 0 Å². The Balaban J connectivity index is 4.27. The molecule has 0 saturated heterocycles. The van der Waals surface area contributed by atoms with Gasteiger partial charge in [0, 0.05) is 19.4 Å². The fourth-order valence-electron chi connectivity index (χ4n) is 7.46. The van der Waals surface area contributed by atoms with E-state index in [-0.39, 0.29) is 25.2 Å². The van der Waals surface area contributed by atoms with Crippen molar-refractivity contribution in [3.63, 3.8) is 0 Å². The summed E-state index contributed by atoms with van der Waals surface area (Å²) in [5.41, 5.74) is 0. The Labute approximate surface area is 373 Å². The van der Waals surface area contributed by atoms with Gasteiger partial charge in [0.05, 0.1) is 6.61 Å². The molecule has 0 aliphatic carbocycles. The summed E-state index contributed by atoms with van der Waals surface area (Å²) in [4.78, 5) is 25.4. The molecule has 0 aromatic rings. The summed E-state index contributed by atoms with van der Waals surface area (Å²) in [5.74, 6) is -0.416. The van der Waals surface area contributed by atoms with Gasteiger partial charge >= 0.3 is 11.9 Å². The highest BCUT2D eigenvalue weighted by Crippen LogP contribution is 2.15. The zero-order valence-electron chi connectivity index (χ0n) is 40.2. The molecule has 5 nitrogen and oxygen atoms in total. The van der Waals surface area contributed by atoms with Gasteiger partial charge in [-0.25, -0.2) is 0 Å². The molecule has 0 fully saturated rings. The van der Waals surface area contributed by atoms with Gasteiger partial charge in [-0.2, -0.15) is 0 Å². The van der Waals surface area contributed by atoms with Crippen LogP contribution in [0.1, 0.15) is 265 Å². The number of hydrogen-bond donors (Lipinski definition) is 0. The Morgan fingerprint density at radius 2 is 0.750 bits per heavy atom. The average Bonchev–Trinajstić information content (AvgIpc) is 3.25. The van der Waals surface area contributed by atoms with Crippen LogP contribution in [-0.2, 0) is 23.8 Å². The summed E-state index contributed by atoms with van der Waals surface area (Å²) in [6, 6.07) is 0. The van der Waals surface area contributed by atoms with Crippen LogP contribution in [0.4, 0.5) is 0 Å². The molecule has 0 aliphatic rings. The first-order chi connectivity index (χ1) is 29.6. The third-order valence-electron chi connectivity index (χ3n) is 11.3. The van der Waals surface area contributed by atoms with Crippen molar-refractivity contribution in [1.29, 1.82) is 0 Å². The molecule has 0 rings (SSSR count). The van der Waals surface area contributed by atoms with Gasteiger partial charge in [-0.1, -0.05) is 223 Å². The van der Waals surface area contributed by atoms with Gasteiger partial charge in [-0.15, -0.1) is 0 Å². The van der Waals surface area contributed by atoms with E-state index in [0.717, 1.165) is 77.0 Å². The molecule has 350 valence electrons. The lowest BCUT2D eigenvalue weighted by molar-refractivity contribution is -0.163. The minimum atomic E-state index is -0.544. The zero-order valence-corrected chi connectivity index (χ0v) is 40.2. The van der Waals surface area contributed by atoms with Gasteiger partial charge in [0.15, 0.2) is 6.10 Å². The lowest BCUT2D eigenvalue weighted by Gasteiger charge is -2.18. The van der Waals surface area contributed by atoms with E-state index in [1.165, 1.54) is 154 Å². The van der Waals surface area contributed by atoms with Crippen LogP contribution in [0.2, 0.25) is 0 Å². The summed E-state index contributed by atoms with van der Waals surface area (Å²) in [6.45, 7) is 7.71. The third kappa shape index (κ3) is 48.5. The molecular weight excluding hydrogens is 741 g/mol. The smallest absolute Gasteiger partial charge is 0.306 e. The molecular formula is C55H100O5. The fraction of sp³-hybridized carbons (Fsp3) is 0.818. The highest BCUT2D eigenvalue weighted by Gasteiger charge is 2.17. The maximum absolute atomic E-state index is 12.8. The van der Waals surface area contributed by atoms with Crippen molar-refractivity contribution < 1.29 is 23.8 Å². The van der Waals surface area contributed by atoms with Gasteiger partial charge in [0.25, 0.3) is 0 Å². The average molecular weight is 841 g/mol. The van der Waals surface area contributed by atoms with Crippen molar-refractivity contribution in [2.24, 2.45) is 0 Å². The number of unbranched alkanes of at least 4 members (excludes halogenated alkanes) is 29. The van der Waals surface area contributed by atoms with E-state index in [0.29, 0.717) is 19.4 Å². The van der Waals surface area contributed by atoms with Crippen LogP contribution in [0, 0.1) is 0 Å². The summed E-state index contributed by atoms with van der Waals surface area (Å²) in [5, 5.41) is 0. The molecule has 60 heavy (non-hydrogen) atoms. The predicted octanol–water partition coefficient (Wildman–Crippen LogP) is 17.6. The van der Waals surface area contributed by atoms with Crippen LogP contribution in [-0.4, -0.2) is 37.9 Å². The van der Waals surface area contributed by atoms with Crippen molar-refractivity contribution >= 4 is 11.9 Å². The fourth-order valence-corrected chi connectivity index (χ4v) is 7.46. The van der Waals surface area contributed by atoms with Crippen molar-refractivity contribution in [3.05, 3.63) is 48.6 Å². The molecule has 0 amide bonds. The topological polar surface area (TPSA) is 61.8 Å². The highest BCUT2D eigenvalue weighted by molar-refractivity contribution is 5.70. The van der Waals surface area contributed by atoms with Gasteiger partial charge in [-0.3, -0.25) is 9.59 Å². The molecule has 0 saturated carbocycles. The number of hydrogen-bond acceptors (Lipinski definition) is 5. The van der Waals surface area contributed by atoms with E-state index >= 15 is 0 Å². The second-order valence-corrected chi connectivity index (χ2v) is 17.4. The van der Waals surface area contributed by atoms with Gasteiger partial charge in [0.2, 0.25) is 0 Å². The first kappa shape index (κ1) is 57.9. The number of allylic oxidation sites excluding steroid dienone is 8. The van der Waals surface area contributed by atoms with Crippen LogP contribution in [0.5, 0.6) is 0 Å². The Kier molecular flexibility index (Phi) is 49.4. The number of carbonyl (C=O) groups is 2. The Morgan fingerprint density at radius 3 is 1.23 bits per heavy atom. The minimum Gasteiger partial charge on any atom is -0.462 e. The van der Waals surface area contributed by atoms with Crippen LogP contribution < -0.4 is 0 Å². The molecule has 0 heterocycles. The van der Waals surface area contributed by atoms with E-state index < -0.39 is 6.10 Å². The van der Waals surface area contributed by atoms with Gasteiger partial charge < -0.3 is 14.2 Å². The number of esters is 2. The Hall–Kier alpha value is -2.14.